The number of rotatable bonds is 22. The van der Waals surface area contributed by atoms with E-state index in [-0.39, 0.29) is 12.2 Å². The molecule has 196 valence electrons. The van der Waals surface area contributed by atoms with Crippen LogP contribution in [0.5, 0.6) is 0 Å². The van der Waals surface area contributed by atoms with Crippen LogP contribution < -0.4 is 11.5 Å². The highest BCUT2D eigenvalue weighted by atomic mass is 16.5. The van der Waals surface area contributed by atoms with E-state index in [1.165, 1.54) is 90.9 Å². The van der Waals surface area contributed by atoms with E-state index < -0.39 is 36.4 Å². The van der Waals surface area contributed by atoms with Gasteiger partial charge in [-0.25, -0.2) is 4.79 Å². The molecule has 0 aliphatic carbocycles. The van der Waals surface area contributed by atoms with Crippen LogP contribution in [0.15, 0.2) is 0 Å². The van der Waals surface area contributed by atoms with Gasteiger partial charge in [-0.05, 0) is 20.3 Å². The second kappa shape index (κ2) is 19.3. The number of carbonyl (C=O) groups excluding carboxylic acids is 2. The molecule has 0 aliphatic heterocycles. The van der Waals surface area contributed by atoms with E-state index in [0.29, 0.717) is 6.42 Å². The molecular weight excluding hydrogens is 420 g/mol. The Kier molecular flexibility index (Phi) is 18.7. The first-order valence-electron chi connectivity index (χ1n) is 13.3. The number of unbranched alkanes of at least 4 members (excludes halogenated alkanes) is 14. The van der Waals surface area contributed by atoms with Crippen molar-refractivity contribution in [3.8, 4) is 0 Å². The summed E-state index contributed by atoms with van der Waals surface area (Å²) in [5, 5.41) is 19.5. The Hall–Kier alpha value is -1.02. The number of hydrogen-bond acceptors (Lipinski definition) is 7. The molecule has 3 unspecified atom stereocenters. The first-order valence-corrected chi connectivity index (χ1v) is 13.3. The van der Waals surface area contributed by atoms with Gasteiger partial charge in [0.2, 0.25) is 0 Å². The van der Waals surface area contributed by atoms with E-state index in [9.17, 15) is 19.8 Å². The zero-order valence-corrected chi connectivity index (χ0v) is 21.5. The van der Waals surface area contributed by atoms with Crippen molar-refractivity contribution in [1.29, 1.82) is 0 Å². The van der Waals surface area contributed by atoms with E-state index in [1.54, 1.807) is 0 Å². The molecule has 0 saturated heterocycles. The lowest BCUT2D eigenvalue weighted by Gasteiger charge is -2.34. The second-order valence-corrected chi connectivity index (χ2v) is 9.72. The quantitative estimate of drug-likeness (QED) is 0.106. The van der Waals surface area contributed by atoms with E-state index in [4.69, 9.17) is 16.2 Å². The average Bonchev–Trinajstić information content (AvgIpc) is 2.78. The second-order valence-electron chi connectivity index (χ2n) is 9.72. The van der Waals surface area contributed by atoms with Crippen molar-refractivity contribution < 1.29 is 24.5 Å². The molecule has 0 amide bonds. The van der Waals surface area contributed by atoms with Gasteiger partial charge in [0.25, 0.3) is 0 Å². The minimum atomic E-state index is -1.51. The number of hydrogen-bond donors (Lipinski definition) is 4. The summed E-state index contributed by atoms with van der Waals surface area (Å²) in [5.41, 5.74) is 10.1. The molecule has 0 aromatic carbocycles. The maximum absolute atomic E-state index is 12.2. The van der Waals surface area contributed by atoms with E-state index in [0.717, 1.165) is 12.8 Å². The molecule has 33 heavy (non-hydrogen) atoms. The van der Waals surface area contributed by atoms with Gasteiger partial charge in [0.15, 0.2) is 11.8 Å². The van der Waals surface area contributed by atoms with Crippen molar-refractivity contribution in [2.75, 3.05) is 6.61 Å². The maximum atomic E-state index is 12.2. The van der Waals surface area contributed by atoms with Crippen molar-refractivity contribution in [3.63, 3.8) is 0 Å². The summed E-state index contributed by atoms with van der Waals surface area (Å²) < 4.78 is 5.01. The summed E-state index contributed by atoms with van der Waals surface area (Å²) in [6.45, 7) is 4.65. The number of nitrogens with two attached hydrogens (primary N) is 2. The fraction of sp³-hybridized carbons (Fsp3) is 0.923. The number of ketones is 1. The molecule has 7 heteroatoms. The van der Waals surface area contributed by atoms with Crippen LogP contribution >= 0.6 is 0 Å². The molecule has 0 radical (unpaired) electrons. The minimum Gasteiger partial charge on any atom is -0.462 e. The molecule has 0 aliphatic rings. The largest absolute Gasteiger partial charge is 0.462 e. The van der Waals surface area contributed by atoms with Gasteiger partial charge in [-0.3, -0.25) is 4.79 Å². The number of aliphatic hydroxyl groups excluding tert-OH is 2. The zero-order chi connectivity index (χ0) is 25.1. The Balaban J connectivity index is 3.73. The lowest BCUT2D eigenvalue weighted by atomic mass is 9.90. The van der Waals surface area contributed by atoms with Crippen LogP contribution in [-0.2, 0) is 14.3 Å². The lowest BCUT2D eigenvalue weighted by molar-refractivity contribution is -0.152. The van der Waals surface area contributed by atoms with Crippen molar-refractivity contribution >= 4 is 11.8 Å². The van der Waals surface area contributed by atoms with Crippen LogP contribution in [-0.4, -0.2) is 52.4 Å². The molecule has 7 nitrogen and oxygen atoms in total. The molecule has 0 fully saturated rings. The smallest absolute Gasteiger partial charge is 0.330 e. The molecule has 0 saturated carbocycles. The number of esters is 1. The van der Waals surface area contributed by atoms with Gasteiger partial charge in [0.1, 0.15) is 12.1 Å². The third-order valence-electron chi connectivity index (χ3n) is 6.65. The first-order chi connectivity index (χ1) is 15.7. The summed E-state index contributed by atoms with van der Waals surface area (Å²) in [7, 11) is 0. The van der Waals surface area contributed by atoms with Crippen LogP contribution in [0.4, 0.5) is 0 Å². The SMILES string of the molecule is CCCCCCCCCCCCCCCCCC(=O)C(N)C(=O)OCC(N)(C(C)O)C(C)O. The van der Waals surface area contributed by atoms with Crippen molar-refractivity contribution in [2.24, 2.45) is 11.5 Å². The molecule has 0 aromatic rings. The Labute approximate surface area is 202 Å². The monoisotopic (exact) mass is 472 g/mol. The standard InChI is InChI=1S/C26H52N2O5/c1-4-5-6-7-8-9-10-11-12-13-14-15-16-17-18-19-23(31)24(27)25(32)33-20-26(28,21(2)29)22(3)30/h21-22,24,29-30H,4-20,27-28H2,1-3H3. The Morgan fingerprint density at radius 1 is 0.758 bits per heavy atom. The summed E-state index contributed by atoms with van der Waals surface area (Å²) in [6.07, 6.45) is 16.7. The molecule has 0 rings (SSSR count). The van der Waals surface area contributed by atoms with Gasteiger partial charge >= 0.3 is 5.97 Å². The fourth-order valence-electron chi connectivity index (χ4n) is 3.83. The summed E-state index contributed by atoms with van der Waals surface area (Å²) in [4.78, 5) is 24.2. The van der Waals surface area contributed by atoms with Gasteiger partial charge in [-0.2, -0.15) is 0 Å². The average molecular weight is 473 g/mol. The Bertz CT molecular complexity index is 503. The van der Waals surface area contributed by atoms with E-state index in [1.807, 2.05) is 0 Å². The fourth-order valence-corrected chi connectivity index (χ4v) is 3.83. The number of Topliss-reactive ketones (excluding diaryl/α,β-unsaturated/α-hetero) is 1. The van der Waals surface area contributed by atoms with Gasteiger partial charge in [-0.1, -0.05) is 96.8 Å². The highest BCUT2D eigenvalue weighted by Gasteiger charge is 2.38. The number of aliphatic hydroxyl groups is 2. The summed E-state index contributed by atoms with van der Waals surface area (Å²) in [5.74, 6) is -1.23. The Morgan fingerprint density at radius 3 is 1.48 bits per heavy atom. The molecule has 6 N–H and O–H groups in total. The molecule has 0 aromatic heterocycles. The third kappa shape index (κ3) is 14.8. The lowest BCUT2D eigenvalue weighted by Crippen LogP contribution is -2.61. The van der Waals surface area contributed by atoms with Crippen molar-refractivity contribution in [2.45, 2.75) is 147 Å². The summed E-state index contributed by atoms with van der Waals surface area (Å²) in [6, 6.07) is -1.36. The predicted octanol–water partition coefficient (Wildman–Crippen LogP) is 4.15. The normalized spacial score (nSPS) is 16.1. The molecule has 0 bridgehead atoms. The zero-order valence-electron chi connectivity index (χ0n) is 21.5. The molecule has 3 atom stereocenters. The Morgan fingerprint density at radius 2 is 1.12 bits per heavy atom. The maximum Gasteiger partial charge on any atom is 0.330 e. The topological polar surface area (TPSA) is 136 Å². The predicted molar refractivity (Wildman–Crippen MR) is 134 cm³/mol. The van der Waals surface area contributed by atoms with Crippen molar-refractivity contribution in [3.05, 3.63) is 0 Å². The highest BCUT2D eigenvalue weighted by Crippen LogP contribution is 2.15. The van der Waals surface area contributed by atoms with Gasteiger partial charge in [0.05, 0.1) is 12.2 Å². The van der Waals surface area contributed by atoms with Gasteiger partial charge < -0.3 is 26.4 Å². The number of ether oxygens (including phenoxy) is 1. The third-order valence-corrected chi connectivity index (χ3v) is 6.65. The van der Waals surface area contributed by atoms with E-state index in [2.05, 4.69) is 6.92 Å². The van der Waals surface area contributed by atoms with Crippen LogP contribution in [0, 0.1) is 0 Å². The van der Waals surface area contributed by atoms with Crippen LogP contribution in [0.3, 0.4) is 0 Å². The highest BCUT2D eigenvalue weighted by molar-refractivity contribution is 6.02. The van der Waals surface area contributed by atoms with E-state index >= 15 is 0 Å². The van der Waals surface area contributed by atoms with Gasteiger partial charge in [-0.15, -0.1) is 0 Å². The van der Waals surface area contributed by atoms with Gasteiger partial charge in [0, 0.05) is 6.42 Å². The first kappa shape index (κ1) is 32.0. The molecule has 0 spiro atoms. The van der Waals surface area contributed by atoms with Crippen LogP contribution in [0.25, 0.3) is 0 Å². The summed E-state index contributed by atoms with van der Waals surface area (Å²) >= 11 is 0. The van der Waals surface area contributed by atoms with Crippen LogP contribution in [0.2, 0.25) is 0 Å². The van der Waals surface area contributed by atoms with Crippen molar-refractivity contribution in [1.82, 2.24) is 0 Å². The van der Waals surface area contributed by atoms with Crippen LogP contribution in [0.1, 0.15) is 124 Å². The molecule has 0 heterocycles. The minimum absolute atomic E-state index is 0.245. The number of carbonyl (C=O) groups is 2. The molecular formula is C26H52N2O5.